The molecular formula is C11H16F6. The lowest BCUT2D eigenvalue weighted by molar-refractivity contribution is -0.302. The van der Waals surface area contributed by atoms with Gasteiger partial charge in [0.2, 0.25) is 0 Å². The number of rotatable bonds is 2. The lowest BCUT2D eigenvalue weighted by Gasteiger charge is -2.38. The summed E-state index contributed by atoms with van der Waals surface area (Å²) >= 11 is 0. The van der Waals surface area contributed by atoms with Crippen molar-refractivity contribution in [1.82, 2.24) is 0 Å². The van der Waals surface area contributed by atoms with E-state index >= 15 is 0 Å². The molecule has 0 aromatic rings. The van der Waals surface area contributed by atoms with E-state index in [1.165, 1.54) is 13.8 Å². The Bertz CT molecular complexity index is 297. The Balaban J connectivity index is 3.33. The molecule has 0 radical (unpaired) electrons. The van der Waals surface area contributed by atoms with E-state index in [1.54, 1.807) is 0 Å². The minimum Gasteiger partial charge on any atom is -0.237 e. The van der Waals surface area contributed by atoms with Crippen LogP contribution in [0.4, 0.5) is 26.3 Å². The van der Waals surface area contributed by atoms with Crippen LogP contribution in [0.15, 0.2) is 0 Å². The van der Waals surface area contributed by atoms with Crippen molar-refractivity contribution in [3.05, 3.63) is 0 Å². The summed E-state index contributed by atoms with van der Waals surface area (Å²) in [6.45, 7) is 3.03. The molecule has 102 valence electrons. The highest BCUT2D eigenvalue weighted by Gasteiger charge is 2.80. The van der Waals surface area contributed by atoms with Gasteiger partial charge in [-0.05, 0) is 32.1 Å². The van der Waals surface area contributed by atoms with Gasteiger partial charge in [0.15, 0.2) is 5.67 Å². The molecule has 0 N–H and O–H groups in total. The number of hydrogen-bond acceptors (Lipinski definition) is 0. The summed E-state index contributed by atoms with van der Waals surface area (Å²) in [5, 5.41) is 0. The third-order valence-electron chi connectivity index (χ3n) is 4.15. The van der Waals surface area contributed by atoms with Gasteiger partial charge in [0.1, 0.15) is 5.41 Å². The van der Waals surface area contributed by atoms with Gasteiger partial charge in [-0.3, -0.25) is 0 Å². The van der Waals surface area contributed by atoms with Gasteiger partial charge in [0, 0.05) is 0 Å². The molecule has 0 saturated heterocycles. The maximum atomic E-state index is 14.3. The Kier molecular flexibility index (Phi) is 3.26. The molecule has 1 saturated carbocycles. The molecule has 0 heterocycles. The van der Waals surface area contributed by atoms with Crippen molar-refractivity contribution in [2.75, 3.05) is 0 Å². The maximum absolute atomic E-state index is 14.3. The molecule has 3 unspecified atom stereocenters. The quantitative estimate of drug-likeness (QED) is 0.630. The number of alkyl halides is 6. The van der Waals surface area contributed by atoms with Gasteiger partial charge in [0.05, 0.1) is 0 Å². The summed E-state index contributed by atoms with van der Waals surface area (Å²) in [7, 11) is 0. The molecule has 6 heteroatoms. The fourth-order valence-electron chi connectivity index (χ4n) is 2.77. The van der Waals surface area contributed by atoms with Gasteiger partial charge in [-0.2, -0.15) is 13.2 Å². The number of hydrogen-bond donors (Lipinski definition) is 0. The zero-order chi connectivity index (χ0) is 13.7. The average Bonchev–Trinajstić information content (AvgIpc) is 2.36. The summed E-state index contributed by atoms with van der Waals surface area (Å²) in [4.78, 5) is 0. The number of halogens is 6. The normalized spacial score (nSPS) is 41.8. The fourth-order valence-corrected chi connectivity index (χ4v) is 2.77. The van der Waals surface area contributed by atoms with Gasteiger partial charge >= 0.3 is 6.18 Å². The minimum absolute atomic E-state index is 0.0222. The Morgan fingerprint density at radius 2 is 1.59 bits per heavy atom. The fraction of sp³-hybridized carbons (Fsp3) is 1.00. The van der Waals surface area contributed by atoms with Crippen molar-refractivity contribution in [1.29, 1.82) is 0 Å². The Labute approximate surface area is 96.4 Å². The highest BCUT2D eigenvalue weighted by Crippen LogP contribution is 2.67. The highest BCUT2D eigenvalue weighted by molar-refractivity contribution is 5.15. The monoisotopic (exact) mass is 262 g/mol. The van der Waals surface area contributed by atoms with Crippen LogP contribution in [-0.2, 0) is 0 Å². The molecule has 0 nitrogen and oxygen atoms in total. The van der Waals surface area contributed by atoms with Crippen LogP contribution in [0.5, 0.6) is 0 Å². The highest BCUT2D eigenvalue weighted by atomic mass is 19.4. The van der Waals surface area contributed by atoms with E-state index in [9.17, 15) is 26.3 Å². The summed E-state index contributed by atoms with van der Waals surface area (Å²) in [5.41, 5.74) is -6.34. The zero-order valence-electron chi connectivity index (χ0n) is 9.97. The molecule has 1 aliphatic carbocycles. The first-order chi connectivity index (χ1) is 7.48. The van der Waals surface area contributed by atoms with Crippen LogP contribution >= 0.6 is 0 Å². The van der Waals surface area contributed by atoms with Crippen LogP contribution < -0.4 is 0 Å². The van der Waals surface area contributed by atoms with Crippen molar-refractivity contribution in [3.63, 3.8) is 0 Å². The summed E-state index contributed by atoms with van der Waals surface area (Å²) in [5.74, 6) is -5.64. The zero-order valence-corrected chi connectivity index (χ0v) is 9.97. The van der Waals surface area contributed by atoms with Crippen LogP contribution in [0.3, 0.4) is 0 Å². The lowest BCUT2D eigenvalue weighted by atomic mass is 9.81. The Hall–Kier alpha value is -0.420. The molecule has 3 atom stereocenters. The molecule has 0 amide bonds. The summed E-state index contributed by atoms with van der Waals surface area (Å²) < 4.78 is 80.4. The SMILES string of the molecule is CCC1CC(C)(C(F)(F)F)C(F)(F)C1(F)CC. The molecule has 0 bridgehead atoms. The first-order valence-corrected chi connectivity index (χ1v) is 5.61. The van der Waals surface area contributed by atoms with Crippen LogP contribution in [0.25, 0.3) is 0 Å². The predicted molar refractivity (Wildman–Crippen MR) is 51.6 cm³/mol. The van der Waals surface area contributed by atoms with E-state index in [-0.39, 0.29) is 6.42 Å². The molecule has 0 aliphatic heterocycles. The average molecular weight is 262 g/mol. The molecule has 0 aromatic heterocycles. The van der Waals surface area contributed by atoms with Crippen LogP contribution in [0.2, 0.25) is 0 Å². The molecule has 0 spiro atoms. The largest absolute Gasteiger partial charge is 0.400 e. The first-order valence-electron chi connectivity index (χ1n) is 5.61. The van der Waals surface area contributed by atoms with Crippen molar-refractivity contribution in [2.24, 2.45) is 11.3 Å². The van der Waals surface area contributed by atoms with Crippen molar-refractivity contribution in [2.45, 2.75) is 57.8 Å². The van der Waals surface area contributed by atoms with E-state index in [1.807, 2.05) is 0 Å². The second kappa shape index (κ2) is 3.79. The molecule has 0 aromatic carbocycles. The van der Waals surface area contributed by atoms with Gasteiger partial charge in [0.25, 0.3) is 5.92 Å². The van der Waals surface area contributed by atoms with Crippen molar-refractivity contribution >= 4 is 0 Å². The molecule has 1 rings (SSSR count). The predicted octanol–water partition coefficient (Wildman–Crippen LogP) is 4.74. The third kappa shape index (κ3) is 1.58. The van der Waals surface area contributed by atoms with Crippen molar-refractivity contribution in [3.8, 4) is 0 Å². The van der Waals surface area contributed by atoms with E-state index in [0.717, 1.165) is 0 Å². The first kappa shape index (κ1) is 14.6. The van der Waals surface area contributed by atoms with E-state index < -0.39 is 41.9 Å². The maximum Gasteiger partial charge on any atom is 0.400 e. The van der Waals surface area contributed by atoms with E-state index in [2.05, 4.69) is 0 Å². The standard InChI is InChI=1S/C11H16F6/c1-4-7-6-8(3,11(15,16)17)10(13,14)9(7,12)5-2/h7H,4-6H2,1-3H3. The van der Waals surface area contributed by atoms with Crippen molar-refractivity contribution < 1.29 is 26.3 Å². The third-order valence-corrected chi connectivity index (χ3v) is 4.15. The second-order valence-corrected chi connectivity index (χ2v) is 4.93. The molecule has 1 aliphatic rings. The van der Waals surface area contributed by atoms with Gasteiger partial charge in [-0.25, -0.2) is 13.2 Å². The van der Waals surface area contributed by atoms with Gasteiger partial charge in [-0.1, -0.05) is 13.8 Å². The molecule has 17 heavy (non-hydrogen) atoms. The van der Waals surface area contributed by atoms with Gasteiger partial charge in [-0.15, -0.1) is 0 Å². The smallest absolute Gasteiger partial charge is 0.237 e. The molecular weight excluding hydrogens is 246 g/mol. The van der Waals surface area contributed by atoms with E-state index in [0.29, 0.717) is 6.92 Å². The summed E-state index contributed by atoms with van der Waals surface area (Å²) in [6.07, 6.45) is -6.59. The second-order valence-electron chi connectivity index (χ2n) is 4.93. The topological polar surface area (TPSA) is 0 Å². The summed E-state index contributed by atoms with van der Waals surface area (Å²) in [6, 6.07) is 0. The Morgan fingerprint density at radius 1 is 1.12 bits per heavy atom. The Morgan fingerprint density at radius 3 is 1.82 bits per heavy atom. The van der Waals surface area contributed by atoms with Gasteiger partial charge < -0.3 is 0 Å². The van der Waals surface area contributed by atoms with Crippen LogP contribution in [0, 0.1) is 11.3 Å². The van der Waals surface area contributed by atoms with Crippen LogP contribution in [0.1, 0.15) is 40.0 Å². The molecule has 1 fully saturated rings. The van der Waals surface area contributed by atoms with Crippen LogP contribution in [-0.4, -0.2) is 17.8 Å². The minimum atomic E-state index is -5.10. The van der Waals surface area contributed by atoms with E-state index in [4.69, 9.17) is 0 Å². The lowest BCUT2D eigenvalue weighted by Crippen LogP contribution is -2.55.